The minimum Gasteiger partial charge on any atom is -0.396 e. The third kappa shape index (κ3) is 0.967. The standard InChI is InChI=1S/C11H16F2O/c12-11(13)8-1-7-2-9(11)5-10(3-7,4-8)6-14/h7-9,14H,1-6H2/t7?,8-,9+,10?. The van der Waals surface area contributed by atoms with Crippen LogP contribution in [-0.4, -0.2) is 17.6 Å². The highest BCUT2D eigenvalue weighted by atomic mass is 19.3. The molecule has 80 valence electrons. The predicted octanol–water partition coefficient (Wildman–Crippen LogP) is 2.44. The Morgan fingerprint density at radius 2 is 1.64 bits per heavy atom. The van der Waals surface area contributed by atoms with Crippen molar-refractivity contribution in [2.24, 2.45) is 23.2 Å². The van der Waals surface area contributed by atoms with Crippen LogP contribution in [0, 0.1) is 23.2 Å². The lowest BCUT2D eigenvalue weighted by atomic mass is 9.48. The van der Waals surface area contributed by atoms with E-state index in [1.54, 1.807) is 0 Å². The summed E-state index contributed by atoms with van der Waals surface area (Å²) in [6.45, 7) is 0.118. The number of hydrogen-bond acceptors (Lipinski definition) is 1. The first kappa shape index (κ1) is 9.08. The molecule has 0 radical (unpaired) electrons. The third-order valence-electron chi connectivity index (χ3n) is 4.74. The minimum atomic E-state index is -2.43. The fourth-order valence-electron chi connectivity index (χ4n) is 4.26. The van der Waals surface area contributed by atoms with Gasteiger partial charge in [-0.3, -0.25) is 0 Å². The first-order chi connectivity index (χ1) is 6.56. The van der Waals surface area contributed by atoms with Crippen molar-refractivity contribution in [2.75, 3.05) is 6.61 Å². The van der Waals surface area contributed by atoms with Crippen LogP contribution in [0.15, 0.2) is 0 Å². The second-order valence-electron chi connectivity index (χ2n) is 5.68. The molecule has 4 saturated carbocycles. The van der Waals surface area contributed by atoms with Crippen molar-refractivity contribution in [3.05, 3.63) is 0 Å². The van der Waals surface area contributed by atoms with Crippen LogP contribution >= 0.6 is 0 Å². The van der Waals surface area contributed by atoms with Gasteiger partial charge in [-0.25, -0.2) is 8.78 Å². The van der Waals surface area contributed by atoms with Gasteiger partial charge in [0.2, 0.25) is 0 Å². The highest BCUT2D eigenvalue weighted by Gasteiger charge is 2.63. The molecule has 0 aromatic carbocycles. The van der Waals surface area contributed by atoms with Crippen molar-refractivity contribution in [3.8, 4) is 0 Å². The van der Waals surface area contributed by atoms with E-state index in [1.165, 1.54) is 0 Å². The molecule has 4 atom stereocenters. The lowest BCUT2D eigenvalue weighted by Crippen LogP contribution is -2.58. The summed E-state index contributed by atoms with van der Waals surface area (Å²) in [5.74, 6) is -2.82. The van der Waals surface area contributed by atoms with Gasteiger partial charge < -0.3 is 5.11 Å². The van der Waals surface area contributed by atoms with Crippen molar-refractivity contribution >= 4 is 0 Å². The van der Waals surface area contributed by atoms with E-state index in [2.05, 4.69) is 0 Å². The van der Waals surface area contributed by atoms with Crippen molar-refractivity contribution in [1.29, 1.82) is 0 Å². The van der Waals surface area contributed by atoms with Crippen LogP contribution < -0.4 is 0 Å². The van der Waals surface area contributed by atoms with Crippen LogP contribution in [0.4, 0.5) is 8.78 Å². The molecule has 0 amide bonds. The van der Waals surface area contributed by atoms with Crippen LogP contribution in [0.3, 0.4) is 0 Å². The molecule has 0 aromatic rings. The molecule has 4 aliphatic carbocycles. The van der Waals surface area contributed by atoms with Crippen LogP contribution in [0.1, 0.15) is 32.1 Å². The molecule has 4 bridgehead atoms. The Balaban J connectivity index is 1.96. The molecule has 14 heavy (non-hydrogen) atoms. The van der Waals surface area contributed by atoms with E-state index in [4.69, 9.17) is 0 Å². The highest BCUT2D eigenvalue weighted by molar-refractivity contribution is 5.08. The zero-order valence-corrected chi connectivity index (χ0v) is 8.18. The summed E-state index contributed by atoms with van der Waals surface area (Å²) in [5, 5.41) is 9.36. The van der Waals surface area contributed by atoms with Crippen LogP contribution in [0.5, 0.6) is 0 Å². The molecular formula is C11H16F2O. The Bertz CT molecular complexity index is 246. The maximum atomic E-state index is 13.7. The summed E-state index contributed by atoms with van der Waals surface area (Å²) in [4.78, 5) is 0. The summed E-state index contributed by atoms with van der Waals surface area (Å²) in [7, 11) is 0. The number of rotatable bonds is 1. The van der Waals surface area contributed by atoms with Gasteiger partial charge in [-0.15, -0.1) is 0 Å². The minimum absolute atomic E-state index is 0.118. The van der Waals surface area contributed by atoms with Gasteiger partial charge in [0, 0.05) is 18.4 Å². The molecular weight excluding hydrogens is 186 g/mol. The fourth-order valence-corrected chi connectivity index (χ4v) is 4.26. The first-order valence-corrected chi connectivity index (χ1v) is 5.54. The van der Waals surface area contributed by atoms with E-state index in [0.717, 1.165) is 6.42 Å². The molecule has 1 N–H and O–H groups in total. The van der Waals surface area contributed by atoms with Gasteiger partial charge >= 0.3 is 0 Å². The monoisotopic (exact) mass is 202 g/mol. The SMILES string of the molecule is OCC12CC3C[C@H](C1)C(F)(F)[C@@H](C3)C2. The third-order valence-corrected chi connectivity index (χ3v) is 4.74. The predicted molar refractivity (Wildman–Crippen MR) is 48.0 cm³/mol. The Hall–Kier alpha value is -0.180. The van der Waals surface area contributed by atoms with Crippen LogP contribution in [0.25, 0.3) is 0 Å². The summed E-state index contributed by atoms with van der Waals surface area (Å²) in [6.07, 6.45) is 3.51. The molecule has 2 unspecified atom stereocenters. The smallest absolute Gasteiger partial charge is 0.253 e. The second kappa shape index (κ2) is 2.49. The molecule has 4 fully saturated rings. The van der Waals surface area contributed by atoms with Crippen LogP contribution in [-0.2, 0) is 0 Å². The van der Waals surface area contributed by atoms with E-state index < -0.39 is 17.8 Å². The van der Waals surface area contributed by atoms with Gasteiger partial charge in [0.05, 0.1) is 0 Å². The average molecular weight is 202 g/mol. The lowest BCUT2D eigenvalue weighted by Gasteiger charge is -2.59. The average Bonchev–Trinajstić information content (AvgIpc) is 2.14. The van der Waals surface area contributed by atoms with Crippen molar-refractivity contribution in [3.63, 3.8) is 0 Å². The number of aliphatic hydroxyl groups excluding tert-OH is 1. The van der Waals surface area contributed by atoms with Gasteiger partial charge in [0.15, 0.2) is 0 Å². The van der Waals surface area contributed by atoms with Crippen molar-refractivity contribution in [2.45, 2.75) is 38.0 Å². The van der Waals surface area contributed by atoms with Gasteiger partial charge in [0.25, 0.3) is 5.92 Å². The molecule has 0 aromatic heterocycles. The van der Waals surface area contributed by atoms with E-state index in [0.29, 0.717) is 31.6 Å². The second-order valence-corrected chi connectivity index (χ2v) is 5.68. The summed E-state index contributed by atoms with van der Waals surface area (Å²) < 4.78 is 27.5. The molecule has 0 aliphatic heterocycles. The van der Waals surface area contributed by atoms with E-state index >= 15 is 0 Å². The molecule has 0 spiro atoms. The summed E-state index contributed by atoms with van der Waals surface area (Å²) in [6, 6.07) is 0. The molecule has 0 heterocycles. The maximum Gasteiger partial charge on any atom is 0.253 e. The Kier molecular flexibility index (Phi) is 1.61. The number of aliphatic hydroxyl groups is 1. The van der Waals surface area contributed by atoms with Crippen LogP contribution in [0.2, 0.25) is 0 Å². The van der Waals surface area contributed by atoms with Gasteiger partial charge in [-0.1, -0.05) is 0 Å². The van der Waals surface area contributed by atoms with E-state index in [1.807, 2.05) is 0 Å². The summed E-state index contributed by atoms with van der Waals surface area (Å²) in [5.41, 5.74) is -0.127. The summed E-state index contributed by atoms with van der Waals surface area (Å²) >= 11 is 0. The van der Waals surface area contributed by atoms with E-state index in [-0.39, 0.29) is 12.0 Å². The normalized spacial score (nSPS) is 53.8. The zero-order chi connectivity index (χ0) is 9.97. The molecule has 3 heteroatoms. The number of halogens is 2. The first-order valence-electron chi connectivity index (χ1n) is 5.54. The van der Waals surface area contributed by atoms with Crippen molar-refractivity contribution < 1.29 is 13.9 Å². The Labute approximate surface area is 82.5 Å². The number of alkyl halides is 2. The Morgan fingerprint density at radius 3 is 2.14 bits per heavy atom. The molecule has 0 saturated heterocycles. The highest BCUT2D eigenvalue weighted by Crippen LogP contribution is 2.64. The fraction of sp³-hybridized carbons (Fsp3) is 1.00. The van der Waals surface area contributed by atoms with Gasteiger partial charge in [0.1, 0.15) is 0 Å². The topological polar surface area (TPSA) is 20.2 Å². The molecule has 4 rings (SSSR count). The quantitative estimate of drug-likeness (QED) is 0.692. The van der Waals surface area contributed by atoms with Gasteiger partial charge in [-0.2, -0.15) is 0 Å². The number of hydrogen-bond donors (Lipinski definition) is 1. The molecule has 4 aliphatic rings. The largest absolute Gasteiger partial charge is 0.396 e. The Morgan fingerprint density at radius 1 is 1.07 bits per heavy atom. The zero-order valence-electron chi connectivity index (χ0n) is 8.18. The lowest BCUT2D eigenvalue weighted by molar-refractivity contribution is -0.232. The van der Waals surface area contributed by atoms with E-state index in [9.17, 15) is 13.9 Å². The van der Waals surface area contributed by atoms with Crippen molar-refractivity contribution in [1.82, 2.24) is 0 Å². The molecule has 1 nitrogen and oxygen atoms in total. The van der Waals surface area contributed by atoms with Gasteiger partial charge in [-0.05, 0) is 43.4 Å². The maximum absolute atomic E-state index is 13.7.